The molecule has 0 saturated carbocycles. The van der Waals surface area contributed by atoms with Gasteiger partial charge in [-0.1, -0.05) is 32.1 Å². The van der Waals surface area contributed by atoms with E-state index in [1.165, 1.54) is 6.08 Å². The molecule has 2 N–H and O–H groups in total. The van der Waals surface area contributed by atoms with Crippen molar-refractivity contribution in [2.24, 2.45) is 11.7 Å². The highest BCUT2D eigenvalue weighted by molar-refractivity contribution is 5.85. The Bertz CT molecular complexity index is 168. The van der Waals surface area contributed by atoms with Gasteiger partial charge in [0.25, 0.3) is 0 Å². The fourth-order valence-electron chi connectivity index (χ4n) is 0.580. The van der Waals surface area contributed by atoms with Crippen LogP contribution >= 0.6 is 0 Å². The van der Waals surface area contributed by atoms with Gasteiger partial charge in [-0.15, -0.1) is 0 Å². The highest BCUT2D eigenvalue weighted by Crippen LogP contribution is 1.99. The van der Waals surface area contributed by atoms with E-state index >= 15 is 0 Å². The van der Waals surface area contributed by atoms with Crippen LogP contribution < -0.4 is 5.73 Å². The first-order valence-corrected chi connectivity index (χ1v) is 3.75. The minimum atomic E-state index is -0.404. The van der Waals surface area contributed by atoms with Gasteiger partial charge in [0.1, 0.15) is 0 Å². The second-order valence-electron chi connectivity index (χ2n) is 2.82. The Balaban J connectivity index is 3.52. The fourth-order valence-corrected chi connectivity index (χ4v) is 0.580. The zero-order valence-corrected chi connectivity index (χ0v) is 7.08. The lowest BCUT2D eigenvalue weighted by atomic mass is 10.1. The Morgan fingerprint density at radius 1 is 1.45 bits per heavy atom. The number of amides is 1. The molecule has 62 valence electrons. The van der Waals surface area contributed by atoms with Gasteiger partial charge in [-0.05, 0) is 12.3 Å². The molecule has 0 aliphatic rings. The van der Waals surface area contributed by atoms with E-state index in [-0.39, 0.29) is 0 Å². The van der Waals surface area contributed by atoms with Crippen molar-refractivity contribution in [1.29, 1.82) is 0 Å². The summed E-state index contributed by atoms with van der Waals surface area (Å²) in [5.41, 5.74) is 4.87. The zero-order chi connectivity index (χ0) is 8.69. The summed E-state index contributed by atoms with van der Waals surface area (Å²) in [7, 11) is 0. The van der Waals surface area contributed by atoms with Gasteiger partial charge in [-0.3, -0.25) is 4.79 Å². The van der Waals surface area contributed by atoms with E-state index in [9.17, 15) is 4.79 Å². The van der Waals surface area contributed by atoms with Crippen molar-refractivity contribution in [2.75, 3.05) is 0 Å². The molecule has 0 unspecified atom stereocenters. The first kappa shape index (κ1) is 9.95. The van der Waals surface area contributed by atoms with Crippen LogP contribution in [0, 0.1) is 5.92 Å². The standard InChI is InChI=1S/C9H15NO/c1-8(2)6-4-3-5-7-9(10)11/h3-5,7-8H,6H2,1-2H3,(H2,10,11)/b4-3+,7-5+. The van der Waals surface area contributed by atoms with Crippen molar-refractivity contribution in [3.63, 3.8) is 0 Å². The van der Waals surface area contributed by atoms with E-state index in [4.69, 9.17) is 5.73 Å². The molecule has 0 bridgehead atoms. The van der Waals surface area contributed by atoms with E-state index in [0.29, 0.717) is 5.92 Å². The molecular formula is C9H15NO. The molecule has 0 saturated heterocycles. The predicted molar refractivity (Wildman–Crippen MR) is 46.9 cm³/mol. The quantitative estimate of drug-likeness (QED) is 0.484. The molecule has 0 aliphatic heterocycles. The zero-order valence-electron chi connectivity index (χ0n) is 7.08. The highest BCUT2D eigenvalue weighted by Gasteiger charge is 1.85. The minimum absolute atomic E-state index is 0.404. The second kappa shape index (κ2) is 5.71. The molecule has 0 fully saturated rings. The van der Waals surface area contributed by atoms with Gasteiger partial charge in [-0.2, -0.15) is 0 Å². The van der Waals surface area contributed by atoms with Crippen LogP contribution in [0.4, 0.5) is 0 Å². The molecule has 0 rings (SSSR count). The van der Waals surface area contributed by atoms with E-state index in [2.05, 4.69) is 13.8 Å². The normalized spacial score (nSPS) is 11.9. The monoisotopic (exact) mass is 153 g/mol. The Kier molecular flexibility index (Phi) is 5.17. The molecule has 0 aliphatic carbocycles. The molecule has 1 amide bonds. The van der Waals surface area contributed by atoms with E-state index in [1.54, 1.807) is 6.08 Å². The van der Waals surface area contributed by atoms with Gasteiger partial charge in [-0.25, -0.2) is 0 Å². The van der Waals surface area contributed by atoms with Gasteiger partial charge in [0.2, 0.25) is 5.91 Å². The summed E-state index contributed by atoms with van der Waals surface area (Å²) in [5.74, 6) is 0.257. The third-order valence-corrected chi connectivity index (χ3v) is 1.12. The van der Waals surface area contributed by atoms with Crippen molar-refractivity contribution < 1.29 is 4.79 Å². The number of rotatable bonds is 4. The number of allylic oxidation sites excluding steroid dienone is 3. The second-order valence-corrected chi connectivity index (χ2v) is 2.82. The number of carbonyl (C=O) groups excluding carboxylic acids is 1. The van der Waals surface area contributed by atoms with Gasteiger partial charge in [0.05, 0.1) is 0 Å². The maximum absolute atomic E-state index is 10.2. The molecule has 11 heavy (non-hydrogen) atoms. The van der Waals surface area contributed by atoms with Crippen LogP contribution in [0.25, 0.3) is 0 Å². The van der Waals surface area contributed by atoms with Crippen LogP contribution in [-0.4, -0.2) is 5.91 Å². The highest BCUT2D eigenvalue weighted by atomic mass is 16.1. The summed E-state index contributed by atoms with van der Waals surface area (Å²) in [6.07, 6.45) is 7.89. The molecule has 2 heteroatoms. The van der Waals surface area contributed by atoms with Crippen molar-refractivity contribution in [1.82, 2.24) is 0 Å². The summed E-state index contributed by atoms with van der Waals surface area (Å²) in [4.78, 5) is 10.2. The summed E-state index contributed by atoms with van der Waals surface area (Å²) >= 11 is 0. The summed E-state index contributed by atoms with van der Waals surface area (Å²) < 4.78 is 0. The Hall–Kier alpha value is -1.05. The van der Waals surface area contributed by atoms with Gasteiger partial charge >= 0.3 is 0 Å². The number of hydrogen-bond acceptors (Lipinski definition) is 1. The van der Waals surface area contributed by atoms with Gasteiger partial charge in [0.15, 0.2) is 0 Å². The lowest BCUT2D eigenvalue weighted by Crippen LogP contribution is -2.04. The van der Waals surface area contributed by atoms with Crippen LogP contribution in [0.3, 0.4) is 0 Å². The summed E-state index contributed by atoms with van der Waals surface area (Å²) in [6.45, 7) is 4.28. The van der Waals surface area contributed by atoms with Crippen LogP contribution in [0.2, 0.25) is 0 Å². The van der Waals surface area contributed by atoms with Crippen LogP contribution in [0.5, 0.6) is 0 Å². The number of nitrogens with two attached hydrogens (primary N) is 1. The van der Waals surface area contributed by atoms with Crippen molar-refractivity contribution in [2.45, 2.75) is 20.3 Å². The number of primary amides is 1. The Labute approximate surface area is 67.8 Å². The predicted octanol–water partition coefficient (Wildman–Crippen LogP) is 1.63. The average molecular weight is 153 g/mol. The number of carbonyl (C=O) groups is 1. The molecular weight excluding hydrogens is 138 g/mol. The molecule has 0 aromatic heterocycles. The molecule has 0 aromatic rings. The molecule has 0 aromatic carbocycles. The molecule has 0 radical (unpaired) electrons. The molecule has 0 spiro atoms. The average Bonchev–Trinajstić information content (AvgIpc) is 1.85. The van der Waals surface area contributed by atoms with Crippen molar-refractivity contribution >= 4 is 5.91 Å². The Morgan fingerprint density at radius 2 is 2.09 bits per heavy atom. The van der Waals surface area contributed by atoms with Gasteiger partial charge < -0.3 is 5.73 Å². The smallest absolute Gasteiger partial charge is 0.241 e. The SMILES string of the molecule is CC(C)C/C=C/C=C/C(N)=O. The third kappa shape index (κ3) is 8.95. The Morgan fingerprint density at radius 3 is 2.55 bits per heavy atom. The van der Waals surface area contributed by atoms with Crippen LogP contribution in [0.1, 0.15) is 20.3 Å². The topological polar surface area (TPSA) is 43.1 Å². The van der Waals surface area contributed by atoms with E-state index in [0.717, 1.165) is 6.42 Å². The first-order valence-electron chi connectivity index (χ1n) is 3.75. The van der Waals surface area contributed by atoms with Crippen molar-refractivity contribution in [3.05, 3.63) is 24.3 Å². The van der Waals surface area contributed by atoms with Crippen LogP contribution in [0.15, 0.2) is 24.3 Å². The van der Waals surface area contributed by atoms with Crippen molar-refractivity contribution in [3.8, 4) is 0 Å². The lowest BCUT2D eigenvalue weighted by Gasteiger charge is -1.94. The van der Waals surface area contributed by atoms with Gasteiger partial charge in [0, 0.05) is 6.08 Å². The maximum atomic E-state index is 10.2. The molecule has 0 atom stereocenters. The maximum Gasteiger partial charge on any atom is 0.241 e. The molecule has 0 heterocycles. The van der Waals surface area contributed by atoms with E-state index < -0.39 is 5.91 Å². The van der Waals surface area contributed by atoms with Crippen LogP contribution in [-0.2, 0) is 4.79 Å². The third-order valence-electron chi connectivity index (χ3n) is 1.12. The lowest BCUT2D eigenvalue weighted by molar-refractivity contribution is -0.113. The summed E-state index contributed by atoms with van der Waals surface area (Å²) in [5, 5.41) is 0. The molecule has 2 nitrogen and oxygen atoms in total. The largest absolute Gasteiger partial charge is 0.366 e. The number of hydrogen-bond donors (Lipinski definition) is 1. The summed E-state index contributed by atoms with van der Waals surface area (Å²) in [6, 6.07) is 0. The fraction of sp³-hybridized carbons (Fsp3) is 0.444. The first-order chi connectivity index (χ1) is 5.13. The minimum Gasteiger partial charge on any atom is -0.366 e. The van der Waals surface area contributed by atoms with E-state index in [1.807, 2.05) is 12.2 Å².